The van der Waals surface area contributed by atoms with E-state index in [1.54, 1.807) is 0 Å². The summed E-state index contributed by atoms with van der Waals surface area (Å²) in [5.74, 6) is 0. The maximum absolute atomic E-state index is 4.50. The Labute approximate surface area is 79.4 Å². The number of nitrogens with zero attached hydrogens (tertiary/aromatic N) is 1. The number of aromatic nitrogens is 1. The quantitative estimate of drug-likeness (QED) is 0.741. The summed E-state index contributed by atoms with van der Waals surface area (Å²) in [6, 6.07) is 6.92. The number of pyridine rings is 1. The number of nitrogens with one attached hydrogen (secondary N) is 1. The Kier molecular flexibility index (Phi) is 2.60. The second-order valence-electron chi connectivity index (χ2n) is 3.77. The van der Waals surface area contributed by atoms with Gasteiger partial charge in [-0.2, -0.15) is 0 Å². The summed E-state index contributed by atoms with van der Waals surface area (Å²) in [5.41, 5.74) is 2.34. The van der Waals surface area contributed by atoms with Crippen molar-refractivity contribution in [2.24, 2.45) is 0 Å². The molecule has 0 saturated carbocycles. The van der Waals surface area contributed by atoms with Crippen LogP contribution in [0, 0.1) is 6.92 Å². The molecule has 0 aliphatic carbocycles. The van der Waals surface area contributed by atoms with Gasteiger partial charge in [-0.3, -0.25) is 4.98 Å². The standard InChI is InChI=1S/C11H16N2/c1-9-4-2-5-11(13-9)8-10-6-3-7-12-10/h2,4-5,10,12H,3,6-8H2,1H3. The summed E-state index contributed by atoms with van der Waals surface area (Å²) in [7, 11) is 0. The van der Waals surface area contributed by atoms with Gasteiger partial charge in [-0.1, -0.05) is 6.07 Å². The molecule has 1 aliphatic rings. The van der Waals surface area contributed by atoms with Crippen molar-refractivity contribution >= 4 is 0 Å². The summed E-state index contributed by atoms with van der Waals surface area (Å²) in [4.78, 5) is 4.50. The van der Waals surface area contributed by atoms with E-state index in [2.05, 4.69) is 22.4 Å². The fourth-order valence-electron chi connectivity index (χ4n) is 1.90. The Hall–Kier alpha value is -0.890. The highest BCUT2D eigenvalue weighted by Gasteiger charge is 2.14. The summed E-state index contributed by atoms with van der Waals surface area (Å²) >= 11 is 0. The lowest BCUT2D eigenvalue weighted by Gasteiger charge is -2.09. The van der Waals surface area contributed by atoms with Gasteiger partial charge in [-0.15, -0.1) is 0 Å². The van der Waals surface area contributed by atoms with Crippen molar-refractivity contribution in [3.8, 4) is 0 Å². The van der Waals surface area contributed by atoms with E-state index < -0.39 is 0 Å². The van der Waals surface area contributed by atoms with Crippen LogP contribution in [-0.4, -0.2) is 17.6 Å². The molecule has 1 aromatic rings. The molecule has 70 valence electrons. The second-order valence-corrected chi connectivity index (χ2v) is 3.77. The molecule has 1 aromatic heterocycles. The van der Waals surface area contributed by atoms with Gasteiger partial charge in [-0.05, 0) is 38.4 Å². The first-order valence-electron chi connectivity index (χ1n) is 5.00. The van der Waals surface area contributed by atoms with Crippen LogP contribution in [0.1, 0.15) is 24.2 Å². The normalized spacial score (nSPS) is 22.1. The van der Waals surface area contributed by atoms with E-state index in [1.165, 1.54) is 25.1 Å². The zero-order valence-corrected chi connectivity index (χ0v) is 8.09. The van der Waals surface area contributed by atoms with Gasteiger partial charge in [0.2, 0.25) is 0 Å². The van der Waals surface area contributed by atoms with Crippen LogP contribution >= 0.6 is 0 Å². The van der Waals surface area contributed by atoms with Gasteiger partial charge in [-0.25, -0.2) is 0 Å². The van der Waals surface area contributed by atoms with Gasteiger partial charge in [0, 0.05) is 23.9 Å². The minimum Gasteiger partial charge on any atom is -0.314 e. The van der Waals surface area contributed by atoms with Gasteiger partial charge in [0.15, 0.2) is 0 Å². The molecule has 0 spiro atoms. The molecule has 2 heterocycles. The van der Waals surface area contributed by atoms with E-state index in [1.807, 2.05) is 13.0 Å². The topological polar surface area (TPSA) is 24.9 Å². The fourth-order valence-corrected chi connectivity index (χ4v) is 1.90. The monoisotopic (exact) mass is 176 g/mol. The predicted octanol–water partition coefficient (Wildman–Crippen LogP) is 1.68. The van der Waals surface area contributed by atoms with Crippen molar-refractivity contribution in [2.75, 3.05) is 6.54 Å². The highest BCUT2D eigenvalue weighted by Crippen LogP contribution is 2.10. The summed E-state index contributed by atoms with van der Waals surface area (Å²) < 4.78 is 0. The lowest BCUT2D eigenvalue weighted by atomic mass is 10.1. The first-order valence-corrected chi connectivity index (χ1v) is 5.00. The molecule has 0 radical (unpaired) electrons. The lowest BCUT2D eigenvalue weighted by Crippen LogP contribution is -2.24. The molecule has 2 heteroatoms. The molecule has 0 amide bonds. The third-order valence-corrected chi connectivity index (χ3v) is 2.56. The molecule has 1 aliphatic heterocycles. The van der Waals surface area contributed by atoms with Crippen molar-refractivity contribution < 1.29 is 0 Å². The first-order chi connectivity index (χ1) is 6.34. The Morgan fingerprint density at radius 2 is 2.46 bits per heavy atom. The average molecular weight is 176 g/mol. The predicted molar refractivity (Wildman–Crippen MR) is 53.7 cm³/mol. The Balaban J connectivity index is 2.00. The van der Waals surface area contributed by atoms with E-state index >= 15 is 0 Å². The van der Waals surface area contributed by atoms with Crippen LogP contribution in [0.15, 0.2) is 18.2 Å². The maximum atomic E-state index is 4.50. The number of hydrogen-bond donors (Lipinski definition) is 1. The molecule has 1 N–H and O–H groups in total. The van der Waals surface area contributed by atoms with Gasteiger partial charge in [0.25, 0.3) is 0 Å². The maximum Gasteiger partial charge on any atom is 0.0422 e. The largest absolute Gasteiger partial charge is 0.314 e. The molecule has 0 bridgehead atoms. The van der Waals surface area contributed by atoms with Crippen molar-refractivity contribution in [1.29, 1.82) is 0 Å². The smallest absolute Gasteiger partial charge is 0.0422 e. The molecule has 1 saturated heterocycles. The van der Waals surface area contributed by atoms with E-state index in [-0.39, 0.29) is 0 Å². The van der Waals surface area contributed by atoms with Gasteiger partial charge < -0.3 is 5.32 Å². The van der Waals surface area contributed by atoms with Crippen molar-refractivity contribution in [3.05, 3.63) is 29.6 Å². The number of rotatable bonds is 2. The SMILES string of the molecule is Cc1cccc(CC2CCCN2)n1. The lowest BCUT2D eigenvalue weighted by molar-refractivity contribution is 0.594. The minimum atomic E-state index is 0.661. The van der Waals surface area contributed by atoms with Gasteiger partial charge in [0.05, 0.1) is 0 Å². The van der Waals surface area contributed by atoms with Gasteiger partial charge in [0.1, 0.15) is 0 Å². The van der Waals surface area contributed by atoms with E-state index in [9.17, 15) is 0 Å². The fraction of sp³-hybridized carbons (Fsp3) is 0.545. The molecule has 13 heavy (non-hydrogen) atoms. The molecular weight excluding hydrogens is 160 g/mol. The highest BCUT2D eigenvalue weighted by molar-refractivity contribution is 5.11. The molecular formula is C11H16N2. The Morgan fingerprint density at radius 3 is 3.15 bits per heavy atom. The zero-order chi connectivity index (χ0) is 9.10. The van der Waals surface area contributed by atoms with Gasteiger partial charge >= 0.3 is 0 Å². The Bertz CT molecular complexity index is 277. The molecule has 1 fully saturated rings. The molecule has 2 rings (SSSR count). The van der Waals surface area contributed by atoms with Crippen molar-refractivity contribution in [2.45, 2.75) is 32.2 Å². The molecule has 0 aromatic carbocycles. The summed E-state index contributed by atoms with van der Waals surface area (Å²) in [5, 5.41) is 3.48. The number of aryl methyl sites for hydroxylation is 1. The third kappa shape index (κ3) is 2.28. The molecule has 2 nitrogen and oxygen atoms in total. The van der Waals surface area contributed by atoms with E-state index in [0.29, 0.717) is 6.04 Å². The van der Waals surface area contributed by atoms with Crippen LogP contribution in [-0.2, 0) is 6.42 Å². The average Bonchev–Trinajstić information content (AvgIpc) is 2.57. The summed E-state index contributed by atoms with van der Waals surface area (Å²) in [6.45, 7) is 3.22. The first kappa shape index (κ1) is 8.70. The Morgan fingerprint density at radius 1 is 1.54 bits per heavy atom. The van der Waals surface area contributed by atoms with Crippen molar-refractivity contribution in [3.63, 3.8) is 0 Å². The van der Waals surface area contributed by atoms with Crippen LogP contribution in [0.5, 0.6) is 0 Å². The van der Waals surface area contributed by atoms with E-state index in [4.69, 9.17) is 0 Å². The van der Waals surface area contributed by atoms with Crippen LogP contribution in [0.2, 0.25) is 0 Å². The van der Waals surface area contributed by atoms with Crippen LogP contribution < -0.4 is 5.32 Å². The molecule has 1 atom stereocenters. The van der Waals surface area contributed by atoms with Crippen LogP contribution in [0.4, 0.5) is 0 Å². The molecule has 1 unspecified atom stereocenters. The number of hydrogen-bond acceptors (Lipinski definition) is 2. The third-order valence-electron chi connectivity index (χ3n) is 2.56. The zero-order valence-electron chi connectivity index (χ0n) is 8.09. The van der Waals surface area contributed by atoms with Crippen molar-refractivity contribution in [1.82, 2.24) is 10.3 Å². The highest BCUT2D eigenvalue weighted by atomic mass is 14.9. The van der Waals surface area contributed by atoms with Crippen LogP contribution in [0.25, 0.3) is 0 Å². The second kappa shape index (κ2) is 3.88. The summed E-state index contributed by atoms with van der Waals surface area (Å²) in [6.07, 6.45) is 3.70. The minimum absolute atomic E-state index is 0.661. The van der Waals surface area contributed by atoms with E-state index in [0.717, 1.165) is 12.1 Å². The van der Waals surface area contributed by atoms with Crippen LogP contribution in [0.3, 0.4) is 0 Å².